The van der Waals surface area contributed by atoms with E-state index in [0.29, 0.717) is 0 Å². The molecule has 13 heteroatoms. The molecule has 0 saturated heterocycles. The van der Waals surface area contributed by atoms with Gasteiger partial charge in [0.25, 0.3) is 0 Å². The second-order valence-electron chi connectivity index (χ2n) is 0.671. The zero-order chi connectivity index (χ0) is 10.7. The molecule has 0 aromatic rings. The molecule has 0 aliphatic rings. The van der Waals surface area contributed by atoms with Gasteiger partial charge in [0.1, 0.15) is 0 Å². The first-order valence-corrected chi connectivity index (χ1v) is 1.64. The Morgan fingerprint density at radius 2 is 0.538 bits per heavy atom. The van der Waals surface area contributed by atoms with E-state index in [4.69, 9.17) is 46.0 Å². The molecule has 0 aromatic carbocycles. The Balaban J connectivity index is -0.0000000450. The van der Waals surface area contributed by atoms with Gasteiger partial charge in [0.05, 0.1) is 15.3 Å². The van der Waals surface area contributed by atoms with Gasteiger partial charge in [0, 0.05) is 0 Å². The van der Waals surface area contributed by atoms with E-state index in [-0.39, 0.29) is 17.1 Å². The number of rotatable bonds is 0. The van der Waals surface area contributed by atoms with E-state index < -0.39 is 15.3 Å². The molecule has 0 atom stereocenters. The Bertz CT molecular complexity index is 112. The fourth-order valence-corrected chi connectivity index (χ4v) is 0. The summed E-state index contributed by atoms with van der Waals surface area (Å²) in [6.45, 7) is 0. The van der Waals surface area contributed by atoms with Crippen LogP contribution in [0.4, 0.5) is 0 Å². The molecule has 0 radical (unpaired) electrons. The van der Waals surface area contributed by atoms with Gasteiger partial charge in [-0.05, 0) is 0 Å². The normalized spacial score (nSPS) is 5.54. The van der Waals surface area contributed by atoms with Crippen LogP contribution in [0.2, 0.25) is 0 Å². The van der Waals surface area contributed by atoms with E-state index in [1.807, 2.05) is 0 Å². The van der Waals surface area contributed by atoms with Crippen LogP contribution in [0, 0.1) is 46.0 Å². The van der Waals surface area contributed by atoms with Crippen LogP contribution in [0.15, 0.2) is 0 Å². The summed E-state index contributed by atoms with van der Waals surface area (Å²) in [4.78, 5) is 24.8. The van der Waals surface area contributed by atoms with Gasteiger partial charge in [-0.2, -0.15) is 0 Å². The first-order chi connectivity index (χ1) is 5.20. The van der Waals surface area contributed by atoms with Crippen molar-refractivity contribution < 1.29 is 32.3 Å². The molecule has 0 amide bonds. The maximum atomic E-state index is 8.25. The van der Waals surface area contributed by atoms with E-state index >= 15 is 0 Å². The standard InChI is InChI=1S/Mn.3NO3/c;3*2-1(3)4/q+3;3*-1. The quantitative estimate of drug-likeness (QED) is 0.298. The van der Waals surface area contributed by atoms with Gasteiger partial charge in [0.2, 0.25) is 0 Å². The van der Waals surface area contributed by atoms with Crippen molar-refractivity contribution in [3.8, 4) is 0 Å². The van der Waals surface area contributed by atoms with Crippen LogP contribution >= 0.6 is 0 Å². The summed E-state index contributed by atoms with van der Waals surface area (Å²) in [5, 5.41) is 44.2. The fourth-order valence-electron chi connectivity index (χ4n) is 0. The molecule has 0 aromatic heterocycles. The van der Waals surface area contributed by atoms with E-state index in [1.54, 1.807) is 0 Å². The van der Waals surface area contributed by atoms with Crippen molar-refractivity contribution >= 4 is 0 Å². The van der Waals surface area contributed by atoms with E-state index in [2.05, 4.69) is 0 Å². The molecular formula is MnN3O9. The first-order valence-electron chi connectivity index (χ1n) is 1.64. The summed E-state index contributed by atoms with van der Waals surface area (Å²) >= 11 is 0. The smallest absolute Gasteiger partial charge is 0.356 e. The molecule has 0 heterocycles. The van der Waals surface area contributed by atoms with Crippen LogP contribution in [0.5, 0.6) is 0 Å². The third kappa shape index (κ3) is 189. The number of hydrogen-bond donors (Lipinski definition) is 0. The van der Waals surface area contributed by atoms with Crippen LogP contribution in [-0.4, -0.2) is 15.3 Å². The molecule has 0 aliphatic heterocycles. The summed E-state index contributed by atoms with van der Waals surface area (Å²) in [5.74, 6) is 0. The molecule has 12 nitrogen and oxygen atoms in total. The monoisotopic (exact) mass is 241 g/mol. The van der Waals surface area contributed by atoms with Crippen LogP contribution in [0.3, 0.4) is 0 Å². The fraction of sp³-hybridized carbons (Fsp3) is 0. The third-order valence-electron chi connectivity index (χ3n) is 0. The van der Waals surface area contributed by atoms with Gasteiger partial charge in [-0.25, -0.2) is 0 Å². The summed E-state index contributed by atoms with van der Waals surface area (Å²) in [6.07, 6.45) is 0. The van der Waals surface area contributed by atoms with Crippen molar-refractivity contribution in [1.29, 1.82) is 0 Å². The van der Waals surface area contributed by atoms with E-state index in [9.17, 15) is 0 Å². The Kier molecular flexibility index (Phi) is 28.7. The molecular weight excluding hydrogens is 241 g/mol. The predicted octanol–water partition coefficient (Wildman–Crippen LogP) is -0.720. The number of nitrogens with zero attached hydrogens (tertiary/aromatic N) is 3. The zero-order valence-electron chi connectivity index (χ0n) is 5.39. The average Bonchev–Trinajstić information content (AvgIpc) is 1.54. The number of hydrogen-bond acceptors (Lipinski definition) is 9. The Morgan fingerprint density at radius 3 is 0.538 bits per heavy atom. The SMILES string of the molecule is O=[N+]([O-])[O-].O=[N+]([O-])[O-].O=[N+]([O-])[O-].[Mn+3]. The summed E-state index contributed by atoms with van der Waals surface area (Å²) in [5.41, 5.74) is 0. The zero-order valence-corrected chi connectivity index (χ0v) is 6.57. The maximum absolute atomic E-state index is 8.25. The van der Waals surface area contributed by atoms with Crippen LogP contribution < -0.4 is 0 Å². The summed E-state index contributed by atoms with van der Waals surface area (Å²) in [7, 11) is 0. The molecule has 0 N–H and O–H groups in total. The molecule has 76 valence electrons. The van der Waals surface area contributed by atoms with Crippen molar-refractivity contribution in [2.45, 2.75) is 0 Å². The van der Waals surface area contributed by atoms with Crippen molar-refractivity contribution in [3.63, 3.8) is 0 Å². The van der Waals surface area contributed by atoms with Gasteiger partial charge < -0.3 is 46.0 Å². The molecule has 0 aliphatic carbocycles. The second kappa shape index (κ2) is 16.6. The molecule has 0 rings (SSSR count). The summed E-state index contributed by atoms with van der Waals surface area (Å²) in [6, 6.07) is 0. The minimum Gasteiger partial charge on any atom is -0.356 e. The largest absolute Gasteiger partial charge is 3.00 e. The third-order valence-corrected chi connectivity index (χ3v) is 0. The Morgan fingerprint density at radius 1 is 0.538 bits per heavy atom. The topological polar surface area (TPSA) is 199 Å². The molecule has 0 unspecified atom stereocenters. The van der Waals surface area contributed by atoms with E-state index in [0.717, 1.165) is 0 Å². The van der Waals surface area contributed by atoms with Crippen molar-refractivity contribution in [2.75, 3.05) is 0 Å². The Hall–Kier alpha value is -1.88. The van der Waals surface area contributed by atoms with Crippen LogP contribution in [-0.2, 0) is 17.1 Å². The van der Waals surface area contributed by atoms with Crippen LogP contribution in [0.25, 0.3) is 0 Å². The first kappa shape index (κ1) is 22.5. The minimum absolute atomic E-state index is 0. The van der Waals surface area contributed by atoms with Crippen molar-refractivity contribution in [1.82, 2.24) is 0 Å². The predicted molar refractivity (Wildman–Crippen MR) is 31.1 cm³/mol. The minimum atomic E-state index is -1.75. The van der Waals surface area contributed by atoms with Crippen molar-refractivity contribution in [2.24, 2.45) is 0 Å². The summed E-state index contributed by atoms with van der Waals surface area (Å²) < 4.78 is 0. The van der Waals surface area contributed by atoms with Gasteiger partial charge in [0.15, 0.2) is 0 Å². The average molecular weight is 241 g/mol. The molecule has 0 spiro atoms. The van der Waals surface area contributed by atoms with Crippen LogP contribution in [0.1, 0.15) is 0 Å². The van der Waals surface area contributed by atoms with Gasteiger partial charge in [-0.1, -0.05) is 0 Å². The Labute approximate surface area is 79.2 Å². The van der Waals surface area contributed by atoms with E-state index in [1.165, 1.54) is 0 Å². The molecule has 0 fully saturated rings. The molecule has 0 saturated carbocycles. The second-order valence-corrected chi connectivity index (χ2v) is 0.671. The van der Waals surface area contributed by atoms with Gasteiger partial charge in [-0.3, -0.25) is 0 Å². The van der Waals surface area contributed by atoms with Gasteiger partial charge in [-0.15, -0.1) is 0 Å². The van der Waals surface area contributed by atoms with Crippen molar-refractivity contribution in [3.05, 3.63) is 46.0 Å². The van der Waals surface area contributed by atoms with Gasteiger partial charge >= 0.3 is 17.1 Å². The maximum Gasteiger partial charge on any atom is 3.00 e. The molecule has 13 heavy (non-hydrogen) atoms. The molecule has 0 bridgehead atoms.